The molecule has 0 aliphatic rings. The Hall–Kier alpha value is -3.14. The van der Waals surface area contributed by atoms with Crippen LogP contribution in [-0.2, 0) is 0 Å². The maximum Gasteiger partial charge on any atom is 0.417 e. The summed E-state index contributed by atoms with van der Waals surface area (Å²) in [5.41, 5.74) is 1.86. The van der Waals surface area contributed by atoms with Crippen LogP contribution in [-0.4, -0.2) is 20.8 Å². The van der Waals surface area contributed by atoms with Crippen LogP contribution in [0.4, 0.5) is 4.79 Å². The lowest BCUT2D eigenvalue weighted by molar-refractivity contribution is 0.198. The maximum atomic E-state index is 11.8. The number of hydrogen-bond acceptors (Lipinski definition) is 2. The van der Waals surface area contributed by atoms with Gasteiger partial charge in [-0.1, -0.05) is 48.5 Å². The zero-order valence-corrected chi connectivity index (χ0v) is 11.4. The van der Waals surface area contributed by atoms with Crippen molar-refractivity contribution >= 4 is 49.7 Å². The maximum absolute atomic E-state index is 11.8. The Balaban J connectivity index is 2.32. The topological polar surface area (TPSA) is 55.1 Å². The molecule has 22 heavy (non-hydrogen) atoms. The molecule has 0 aliphatic carbocycles. The first kappa shape index (κ1) is 11.5. The van der Waals surface area contributed by atoms with E-state index >= 15 is 0 Å². The van der Waals surface area contributed by atoms with Gasteiger partial charge in [-0.3, -0.25) is 0 Å². The van der Waals surface area contributed by atoms with Crippen molar-refractivity contribution in [3.8, 4) is 0 Å². The van der Waals surface area contributed by atoms with E-state index in [-0.39, 0.29) is 0 Å². The first-order valence-corrected chi connectivity index (χ1v) is 7.03. The van der Waals surface area contributed by atoms with E-state index in [0.717, 1.165) is 26.9 Å². The fourth-order valence-corrected chi connectivity index (χ4v) is 3.46. The number of aromatic nitrogens is 2. The highest BCUT2D eigenvalue weighted by molar-refractivity contribution is 6.25. The van der Waals surface area contributed by atoms with E-state index in [1.807, 2.05) is 54.6 Å². The van der Waals surface area contributed by atoms with E-state index in [1.165, 1.54) is 4.57 Å². The zero-order chi connectivity index (χ0) is 14.8. The van der Waals surface area contributed by atoms with Crippen molar-refractivity contribution in [2.45, 2.75) is 0 Å². The molecule has 0 unspecified atom stereocenters. The van der Waals surface area contributed by atoms with Crippen LogP contribution in [0.1, 0.15) is 0 Å². The molecule has 1 N–H and O–H groups in total. The molecule has 0 fully saturated rings. The van der Waals surface area contributed by atoms with Crippen LogP contribution in [0, 0.1) is 0 Å². The smallest absolute Gasteiger partial charge is 0.417 e. The fourth-order valence-electron chi connectivity index (χ4n) is 3.46. The first-order chi connectivity index (χ1) is 10.8. The van der Waals surface area contributed by atoms with Gasteiger partial charge < -0.3 is 5.11 Å². The molecule has 0 amide bonds. The van der Waals surface area contributed by atoms with Crippen molar-refractivity contribution in [1.29, 1.82) is 0 Å². The average molecular weight is 286 g/mol. The molecular weight excluding hydrogens is 276 g/mol. The molecule has 0 radical (unpaired) electrons. The van der Waals surface area contributed by atoms with Crippen LogP contribution in [0.15, 0.2) is 54.6 Å². The summed E-state index contributed by atoms with van der Waals surface area (Å²) in [4.78, 5) is 16.4. The van der Waals surface area contributed by atoms with Gasteiger partial charge in [-0.2, -0.15) is 0 Å². The molecule has 5 rings (SSSR count). The number of hydrogen-bond donors (Lipinski definition) is 1. The molecular formula is C18H10N2O2. The molecule has 4 heteroatoms. The van der Waals surface area contributed by atoms with Crippen LogP contribution in [0.5, 0.6) is 0 Å². The van der Waals surface area contributed by atoms with Gasteiger partial charge in [-0.05, 0) is 16.8 Å². The van der Waals surface area contributed by atoms with Crippen molar-refractivity contribution in [2.75, 3.05) is 0 Å². The van der Waals surface area contributed by atoms with Crippen LogP contribution in [0.2, 0.25) is 0 Å². The molecule has 0 saturated carbocycles. The van der Waals surface area contributed by atoms with Gasteiger partial charge in [-0.25, -0.2) is 14.3 Å². The number of benzene rings is 3. The molecule has 2 aromatic heterocycles. The van der Waals surface area contributed by atoms with Crippen molar-refractivity contribution in [2.24, 2.45) is 0 Å². The van der Waals surface area contributed by atoms with E-state index in [1.54, 1.807) is 0 Å². The van der Waals surface area contributed by atoms with Crippen LogP contribution >= 0.6 is 0 Å². The van der Waals surface area contributed by atoms with Crippen molar-refractivity contribution in [3.63, 3.8) is 0 Å². The third-order valence-corrected chi connectivity index (χ3v) is 4.30. The average Bonchev–Trinajstić information content (AvgIpc) is 2.88. The lowest BCUT2D eigenvalue weighted by atomic mass is 10.0. The van der Waals surface area contributed by atoms with E-state index < -0.39 is 6.09 Å². The quantitative estimate of drug-likeness (QED) is 0.457. The van der Waals surface area contributed by atoms with Crippen molar-refractivity contribution < 1.29 is 9.90 Å². The molecule has 0 spiro atoms. The second-order valence-electron chi connectivity index (χ2n) is 5.44. The SMILES string of the molecule is O=C(O)n1c2nc3cccc(c4cccc5cccc2c54)c31. The van der Waals surface area contributed by atoms with Gasteiger partial charge in [0, 0.05) is 16.2 Å². The summed E-state index contributed by atoms with van der Waals surface area (Å²) in [5.74, 6) is 0. The van der Waals surface area contributed by atoms with E-state index in [9.17, 15) is 9.90 Å². The molecule has 2 bridgehead atoms. The van der Waals surface area contributed by atoms with E-state index in [2.05, 4.69) is 4.98 Å². The largest absolute Gasteiger partial charge is 0.464 e. The highest BCUT2D eigenvalue weighted by Crippen LogP contribution is 2.36. The zero-order valence-electron chi connectivity index (χ0n) is 11.4. The van der Waals surface area contributed by atoms with Crippen molar-refractivity contribution in [3.05, 3.63) is 54.6 Å². The molecule has 5 aromatic rings. The van der Waals surface area contributed by atoms with E-state index in [4.69, 9.17) is 0 Å². The minimum Gasteiger partial charge on any atom is -0.464 e. The molecule has 0 aliphatic heterocycles. The highest BCUT2D eigenvalue weighted by atomic mass is 16.4. The van der Waals surface area contributed by atoms with Gasteiger partial charge in [0.15, 0.2) is 5.65 Å². The molecule has 104 valence electrons. The number of para-hydroxylation sites is 1. The number of fused-ring (bicyclic) bond motifs is 3. The number of imidazole rings is 1. The van der Waals surface area contributed by atoms with Crippen LogP contribution in [0.3, 0.4) is 0 Å². The predicted octanol–water partition coefficient (Wildman–Crippen LogP) is 4.46. The summed E-state index contributed by atoms with van der Waals surface area (Å²) in [6.45, 7) is 0. The molecule has 3 aromatic carbocycles. The Morgan fingerprint density at radius 1 is 0.909 bits per heavy atom. The Kier molecular flexibility index (Phi) is 1.96. The Morgan fingerprint density at radius 2 is 1.59 bits per heavy atom. The van der Waals surface area contributed by atoms with Gasteiger partial charge in [0.05, 0.1) is 11.0 Å². The number of rotatable bonds is 0. The third-order valence-electron chi connectivity index (χ3n) is 4.30. The number of carbonyl (C=O) groups is 1. The molecule has 0 saturated heterocycles. The first-order valence-electron chi connectivity index (χ1n) is 7.03. The standard InChI is InChI=1S/C18H10N2O2/c21-18(22)20-16-12-7-3-9-14(16)19-17(20)13-8-2-5-10-4-1-6-11(12)15(10)13/h1-9H,(H,21,22). The van der Waals surface area contributed by atoms with Gasteiger partial charge in [0.1, 0.15) is 0 Å². The van der Waals surface area contributed by atoms with Gasteiger partial charge >= 0.3 is 6.09 Å². The normalized spacial score (nSPS) is 12.0. The van der Waals surface area contributed by atoms with Gasteiger partial charge in [-0.15, -0.1) is 0 Å². The van der Waals surface area contributed by atoms with E-state index in [0.29, 0.717) is 16.7 Å². The number of nitrogens with zero attached hydrogens (tertiary/aromatic N) is 2. The van der Waals surface area contributed by atoms with Crippen molar-refractivity contribution in [1.82, 2.24) is 9.55 Å². The Labute approximate surface area is 124 Å². The highest BCUT2D eigenvalue weighted by Gasteiger charge is 2.19. The lowest BCUT2D eigenvalue weighted by Gasteiger charge is -2.03. The summed E-state index contributed by atoms with van der Waals surface area (Å²) in [6, 6.07) is 17.8. The minimum absolute atomic E-state index is 0.491. The summed E-state index contributed by atoms with van der Waals surface area (Å²) >= 11 is 0. The third kappa shape index (κ3) is 1.22. The molecule has 4 nitrogen and oxygen atoms in total. The minimum atomic E-state index is -1.00. The fraction of sp³-hybridized carbons (Fsp3) is 0. The second-order valence-corrected chi connectivity index (χ2v) is 5.44. The van der Waals surface area contributed by atoms with Crippen LogP contribution < -0.4 is 0 Å². The monoisotopic (exact) mass is 286 g/mol. The Bertz CT molecular complexity index is 1200. The summed E-state index contributed by atoms with van der Waals surface area (Å²) in [6.07, 6.45) is -1.00. The predicted molar refractivity (Wildman–Crippen MR) is 86.9 cm³/mol. The second kappa shape index (κ2) is 3.74. The lowest BCUT2D eigenvalue weighted by Crippen LogP contribution is -2.07. The molecule has 2 heterocycles. The summed E-state index contributed by atoms with van der Waals surface area (Å²) < 4.78 is 1.30. The summed E-state index contributed by atoms with van der Waals surface area (Å²) in [5, 5.41) is 14.7. The molecule has 0 atom stereocenters. The van der Waals surface area contributed by atoms with Crippen LogP contribution in [0.25, 0.3) is 43.6 Å². The Morgan fingerprint density at radius 3 is 2.36 bits per heavy atom. The summed E-state index contributed by atoms with van der Waals surface area (Å²) in [7, 11) is 0. The van der Waals surface area contributed by atoms with Gasteiger partial charge in [0.2, 0.25) is 0 Å². The van der Waals surface area contributed by atoms with Gasteiger partial charge in [0.25, 0.3) is 0 Å². The number of carboxylic acid groups (broad SMARTS) is 1.